The van der Waals surface area contributed by atoms with Crippen LogP contribution in [-0.2, 0) is 7.05 Å². The Bertz CT molecular complexity index is 532. The van der Waals surface area contributed by atoms with Crippen molar-refractivity contribution in [2.45, 2.75) is 0 Å². The van der Waals surface area contributed by atoms with Crippen LogP contribution in [0.15, 0.2) is 40.7 Å². The third kappa shape index (κ3) is 2.00. The van der Waals surface area contributed by atoms with Gasteiger partial charge in [-0.15, -0.1) is 10.2 Å². The third-order valence-electron chi connectivity index (χ3n) is 2.05. The molecular weight excluding hydrogens is 206 g/mol. The molecule has 0 amide bonds. The van der Waals surface area contributed by atoms with E-state index in [-0.39, 0.29) is 5.75 Å². The monoisotopic (exact) mass is 217 g/mol. The molecule has 0 atom stereocenters. The summed E-state index contributed by atoms with van der Waals surface area (Å²) in [6, 6.07) is 6.40. The Morgan fingerprint density at radius 1 is 1.31 bits per heavy atom. The van der Waals surface area contributed by atoms with Gasteiger partial charge in [0.25, 0.3) is 0 Å². The molecule has 0 saturated heterocycles. The average Bonchev–Trinajstić information content (AvgIpc) is 2.63. The van der Waals surface area contributed by atoms with Crippen LogP contribution in [0.4, 0.5) is 17.2 Å². The highest BCUT2D eigenvalue weighted by Crippen LogP contribution is 2.29. The number of anilines is 1. The Labute approximate surface area is 92.0 Å². The quantitative estimate of drug-likeness (QED) is 0.596. The zero-order valence-electron chi connectivity index (χ0n) is 8.70. The summed E-state index contributed by atoms with van der Waals surface area (Å²) in [4.78, 5) is 0. The molecule has 2 rings (SSSR count). The highest BCUT2D eigenvalue weighted by molar-refractivity contribution is 5.58. The molecule has 1 aromatic carbocycles. The summed E-state index contributed by atoms with van der Waals surface area (Å²) in [5.41, 5.74) is 6.35. The predicted octanol–water partition coefficient (Wildman–Crippen LogP) is 2.12. The van der Waals surface area contributed by atoms with Crippen molar-refractivity contribution in [1.82, 2.24) is 9.78 Å². The van der Waals surface area contributed by atoms with Gasteiger partial charge in [0.05, 0.1) is 6.20 Å². The van der Waals surface area contributed by atoms with Gasteiger partial charge in [0.2, 0.25) is 0 Å². The van der Waals surface area contributed by atoms with Crippen LogP contribution in [0.5, 0.6) is 5.75 Å². The largest absolute Gasteiger partial charge is 0.506 e. The molecule has 6 nitrogen and oxygen atoms in total. The van der Waals surface area contributed by atoms with Crippen LogP contribution < -0.4 is 5.73 Å². The number of aromatic nitrogens is 2. The lowest BCUT2D eigenvalue weighted by molar-refractivity contribution is 0.476. The number of aromatic hydroxyl groups is 1. The Hall–Kier alpha value is -2.37. The summed E-state index contributed by atoms with van der Waals surface area (Å²) in [7, 11) is 1.76. The highest BCUT2D eigenvalue weighted by Gasteiger charge is 2.00. The van der Waals surface area contributed by atoms with E-state index in [0.29, 0.717) is 17.2 Å². The molecule has 0 aliphatic rings. The molecule has 1 heterocycles. The van der Waals surface area contributed by atoms with Crippen molar-refractivity contribution in [3.63, 3.8) is 0 Å². The fourth-order valence-corrected chi connectivity index (χ4v) is 1.20. The Morgan fingerprint density at radius 2 is 2.12 bits per heavy atom. The summed E-state index contributed by atoms with van der Waals surface area (Å²) < 4.78 is 1.58. The van der Waals surface area contributed by atoms with Crippen LogP contribution in [-0.4, -0.2) is 14.9 Å². The van der Waals surface area contributed by atoms with Gasteiger partial charge in [-0.05, 0) is 12.1 Å². The van der Waals surface area contributed by atoms with E-state index < -0.39 is 0 Å². The van der Waals surface area contributed by atoms with Crippen LogP contribution in [0.25, 0.3) is 0 Å². The van der Waals surface area contributed by atoms with E-state index >= 15 is 0 Å². The lowest BCUT2D eigenvalue weighted by atomic mass is 10.3. The molecule has 3 N–H and O–H groups in total. The smallest absolute Gasteiger partial charge is 0.172 e. The lowest BCUT2D eigenvalue weighted by Gasteiger charge is -1.98. The molecule has 0 aliphatic heterocycles. The first-order valence-electron chi connectivity index (χ1n) is 4.65. The lowest BCUT2D eigenvalue weighted by Crippen LogP contribution is -1.87. The van der Waals surface area contributed by atoms with E-state index in [2.05, 4.69) is 15.3 Å². The minimum Gasteiger partial charge on any atom is -0.506 e. The summed E-state index contributed by atoms with van der Waals surface area (Å²) >= 11 is 0. The second kappa shape index (κ2) is 4.01. The zero-order chi connectivity index (χ0) is 11.5. The van der Waals surface area contributed by atoms with Crippen LogP contribution >= 0.6 is 0 Å². The number of phenols is 1. The number of nitrogens with two attached hydrogens (primary N) is 1. The summed E-state index contributed by atoms with van der Waals surface area (Å²) in [5.74, 6) is 0.613. The van der Waals surface area contributed by atoms with E-state index in [1.807, 2.05) is 0 Å². The van der Waals surface area contributed by atoms with Crippen molar-refractivity contribution in [1.29, 1.82) is 0 Å². The number of hydrogen-bond acceptors (Lipinski definition) is 5. The first-order chi connectivity index (χ1) is 7.66. The Balaban J connectivity index is 2.27. The number of rotatable bonds is 2. The van der Waals surface area contributed by atoms with Gasteiger partial charge in [0.1, 0.15) is 11.4 Å². The Morgan fingerprint density at radius 3 is 2.75 bits per heavy atom. The normalized spacial score (nSPS) is 11.1. The van der Waals surface area contributed by atoms with Gasteiger partial charge in [-0.25, -0.2) is 4.68 Å². The van der Waals surface area contributed by atoms with E-state index in [0.717, 1.165) is 0 Å². The molecule has 82 valence electrons. The summed E-state index contributed by atoms with van der Waals surface area (Å²) in [6.07, 6.45) is 1.62. The third-order valence-corrected chi connectivity index (χ3v) is 2.05. The maximum Gasteiger partial charge on any atom is 0.172 e. The molecule has 6 heteroatoms. The van der Waals surface area contributed by atoms with Gasteiger partial charge in [-0.3, -0.25) is 0 Å². The van der Waals surface area contributed by atoms with Crippen molar-refractivity contribution in [3.8, 4) is 5.75 Å². The van der Waals surface area contributed by atoms with Crippen molar-refractivity contribution < 1.29 is 5.11 Å². The molecular formula is C10H11N5O. The van der Waals surface area contributed by atoms with Crippen LogP contribution in [0, 0.1) is 0 Å². The second-order valence-corrected chi connectivity index (χ2v) is 3.26. The number of phenolic OH excluding ortho intramolecular Hbond substituents is 1. The van der Waals surface area contributed by atoms with Crippen molar-refractivity contribution >= 4 is 17.2 Å². The van der Waals surface area contributed by atoms with E-state index in [1.54, 1.807) is 36.1 Å². The van der Waals surface area contributed by atoms with Gasteiger partial charge in [-0.2, -0.15) is 5.10 Å². The van der Waals surface area contributed by atoms with E-state index in [9.17, 15) is 5.11 Å². The summed E-state index contributed by atoms with van der Waals surface area (Å²) in [5, 5.41) is 21.3. The first-order valence-corrected chi connectivity index (χ1v) is 4.65. The molecule has 0 saturated carbocycles. The van der Waals surface area contributed by atoms with Gasteiger partial charge in [0.15, 0.2) is 5.82 Å². The zero-order valence-corrected chi connectivity index (χ0v) is 8.70. The van der Waals surface area contributed by atoms with Crippen LogP contribution in [0.1, 0.15) is 0 Å². The average molecular weight is 217 g/mol. The van der Waals surface area contributed by atoms with Crippen LogP contribution in [0.3, 0.4) is 0 Å². The molecule has 1 aromatic heterocycles. The molecule has 0 aliphatic carbocycles. The van der Waals surface area contributed by atoms with Gasteiger partial charge < -0.3 is 10.8 Å². The van der Waals surface area contributed by atoms with Crippen molar-refractivity contribution in [2.24, 2.45) is 17.3 Å². The minimum atomic E-state index is 0.00548. The fraction of sp³-hybridized carbons (Fsp3) is 0.100. The van der Waals surface area contributed by atoms with Crippen molar-refractivity contribution in [3.05, 3.63) is 30.5 Å². The van der Waals surface area contributed by atoms with Gasteiger partial charge in [-0.1, -0.05) is 0 Å². The maximum absolute atomic E-state index is 9.53. The number of nitrogens with zero attached hydrogens (tertiary/aromatic N) is 4. The number of hydrogen-bond donors (Lipinski definition) is 2. The molecule has 0 bridgehead atoms. The SMILES string of the molecule is Cn1nccc1N=Nc1ccc(N)cc1O. The van der Waals surface area contributed by atoms with Crippen molar-refractivity contribution in [2.75, 3.05) is 5.73 Å². The minimum absolute atomic E-state index is 0.00548. The van der Waals surface area contributed by atoms with E-state index in [4.69, 9.17) is 5.73 Å². The second-order valence-electron chi connectivity index (χ2n) is 3.26. The van der Waals surface area contributed by atoms with Gasteiger partial charge >= 0.3 is 0 Å². The molecule has 0 unspecified atom stereocenters. The van der Waals surface area contributed by atoms with Crippen LogP contribution in [0.2, 0.25) is 0 Å². The fourth-order valence-electron chi connectivity index (χ4n) is 1.20. The summed E-state index contributed by atoms with van der Waals surface area (Å²) in [6.45, 7) is 0. The molecule has 0 fully saturated rings. The molecule has 2 aromatic rings. The first kappa shape index (κ1) is 10.2. The van der Waals surface area contributed by atoms with E-state index in [1.165, 1.54) is 6.07 Å². The maximum atomic E-state index is 9.53. The number of benzene rings is 1. The number of aryl methyl sites for hydroxylation is 1. The molecule has 0 radical (unpaired) electrons. The number of nitrogen functional groups attached to an aromatic ring is 1. The Kier molecular flexibility index (Phi) is 2.55. The molecule has 16 heavy (non-hydrogen) atoms. The predicted molar refractivity (Wildman–Crippen MR) is 59.9 cm³/mol. The number of azo groups is 1. The topological polar surface area (TPSA) is 88.8 Å². The highest BCUT2D eigenvalue weighted by atomic mass is 16.3. The standard InChI is InChI=1S/C10H11N5O/c1-15-10(4-5-12-15)14-13-8-3-2-7(11)6-9(8)16/h2-6,16H,11H2,1H3. The van der Waals surface area contributed by atoms with Gasteiger partial charge in [0, 0.05) is 24.9 Å². The molecule has 0 spiro atoms.